The number of aliphatic hydroxyl groups is 1. The number of hydrogen-bond acceptors (Lipinski definition) is 3. The van der Waals surface area contributed by atoms with Crippen LogP contribution in [0.5, 0.6) is 0 Å². The molecule has 0 spiro atoms. The highest BCUT2D eigenvalue weighted by atomic mass is 16.3. The van der Waals surface area contributed by atoms with E-state index in [4.69, 9.17) is 0 Å². The van der Waals surface area contributed by atoms with Gasteiger partial charge in [-0.05, 0) is 49.4 Å². The Kier molecular flexibility index (Phi) is 4.03. The molecule has 0 saturated heterocycles. The third kappa shape index (κ3) is 2.26. The summed E-state index contributed by atoms with van der Waals surface area (Å²) in [6, 6.07) is 0. The van der Waals surface area contributed by atoms with Crippen molar-refractivity contribution in [3.8, 4) is 0 Å². The fraction of sp³-hybridized carbons (Fsp3) is 0.900. The van der Waals surface area contributed by atoms with Crippen molar-refractivity contribution in [1.82, 2.24) is 0 Å². The third-order valence-electron chi connectivity index (χ3n) is 7.90. The Morgan fingerprint density at radius 1 is 1.17 bits per heavy atom. The van der Waals surface area contributed by atoms with Gasteiger partial charge in [-0.2, -0.15) is 0 Å². The maximum Gasteiger partial charge on any atom is 0.136 e. The van der Waals surface area contributed by atoms with Crippen molar-refractivity contribution in [2.24, 2.45) is 34.5 Å². The second-order valence-corrected chi connectivity index (χ2v) is 9.31. The fourth-order valence-corrected chi connectivity index (χ4v) is 6.68. The van der Waals surface area contributed by atoms with Crippen molar-refractivity contribution >= 4 is 12.1 Å². The van der Waals surface area contributed by atoms with Crippen molar-refractivity contribution in [3.63, 3.8) is 0 Å². The molecule has 130 valence electrons. The van der Waals surface area contributed by atoms with Gasteiger partial charge in [0, 0.05) is 23.7 Å². The van der Waals surface area contributed by atoms with Crippen LogP contribution in [-0.2, 0) is 9.59 Å². The van der Waals surface area contributed by atoms with E-state index in [2.05, 4.69) is 27.7 Å². The highest BCUT2D eigenvalue weighted by Crippen LogP contribution is 2.65. The average Bonchev–Trinajstić information content (AvgIpc) is 2.50. The molecule has 0 bridgehead atoms. The molecular weight excluding hydrogens is 288 g/mol. The summed E-state index contributed by atoms with van der Waals surface area (Å²) >= 11 is 0. The average molecular weight is 320 g/mol. The van der Waals surface area contributed by atoms with E-state index in [1.807, 2.05) is 0 Å². The molecule has 3 aliphatic rings. The smallest absolute Gasteiger partial charge is 0.136 e. The molecule has 3 fully saturated rings. The number of fused-ring (bicyclic) bond motifs is 3. The molecule has 23 heavy (non-hydrogen) atoms. The maximum atomic E-state index is 12.6. The van der Waals surface area contributed by atoms with Gasteiger partial charge in [0.25, 0.3) is 0 Å². The molecule has 0 amide bonds. The van der Waals surface area contributed by atoms with E-state index < -0.39 is 5.60 Å². The Bertz CT molecular complexity index is 513. The second kappa shape index (κ2) is 5.40. The van der Waals surface area contributed by atoms with Gasteiger partial charge in [0.15, 0.2) is 0 Å². The van der Waals surface area contributed by atoms with Crippen LogP contribution in [0.1, 0.15) is 72.6 Å². The zero-order chi connectivity index (χ0) is 17.0. The van der Waals surface area contributed by atoms with Crippen LogP contribution in [0.4, 0.5) is 0 Å². The molecule has 0 radical (unpaired) electrons. The number of Topliss-reactive ketones (excluding diaryl/α,β-unsaturated/α-hetero) is 1. The molecule has 0 aromatic carbocycles. The lowest BCUT2D eigenvalue weighted by atomic mass is 9.41. The summed E-state index contributed by atoms with van der Waals surface area (Å²) in [5.74, 6) is 0.779. The van der Waals surface area contributed by atoms with E-state index in [1.54, 1.807) is 0 Å². The lowest BCUT2D eigenvalue weighted by Crippen LogP contribution is -2.64. The quantitative estimate of drug-likeness (QED) is 0.788. The first kappa shape index (κ1) is 17.1. The molecule has 3 rings (SSSR count). The van der Waals surface area contributed by atoms with Gasteiger partial charge in [-0.25, -0.2) is 0 Å². The van der Waals surface area contributed by atoms with Crippen molar-refractivity contribution in [1.29, 1.82) is 0 Å². The SMILES string of the molecule is CC(C)C1(O)CCC(=O)C2CCC3C(C)(C=O)CCCC3(C)C21. The Balaban J connectivity index is 2.09. The minimum atomic E-state index is -0.771. The highest BCUT2D eigenvalue weighted by molar-refractivity contribution is 5.83. The molecule has 3 nitrogen and oxygen atoms in total. The fourth-order valence-electron chi connectivity index (χ4n) is 6.68. The first-order chi connectivity index (χ1) is 10.7. The number of hydrogen-bond donors (Lipinski definition) is 1. The summed E-state index contributed by atoms with van der Waals surface area (Å²) in [6.45, 7) is 8.53. The summed E-state index contributed by atoms with van der Waals surface area (Å²) in [6.07, 6.45) is 7.07. The molecule has 0 heterocycles. The monoisotopic (exact) mass is 320 g/mol. The van der Waals surface area contributed by atoms with Crippen LogP contribution in [0.15, 0.2) is 0 Å². The van der Waals surface area contributed by atoms with Crippen LogP contribution in [0.2, 0.25) is 0 Å². The minimum absolute atomic E-state index is 0.00796. The van der Waals surface area contributed by atoms with E-state index >= 15 is 0 Å². The van der Waals surface area contributed by atoms with E-state index in [0.717, 1.165) is 38.4 Å². The van der Waals surface area contributed by atoms with Crippen molar-refractivity contribution in [3.05, 3.63) is 0 Å². The topological polar surface area (TPSA) is 54.4 Å². The first-order valence-electron chi connectivity index (χ1n) is 9.40. The standard InChI is InChI=1S/C20H32O3/c1-13(2)20(23)11-8-15(22)14-6-7-16-18(3,12-21)9-5-10-19(16,4)17(14)20/h12-14,16-17,23H,5-11H2,1-4H3. The van der Waals surface area contributed by atoms with Crippen LogP contribution < -0.4 is 0 Å². The van der Waals surface area contributed by atoms with Gasteiger partial charge < -0.3 is 9.90 Å². The number of carbonyl (C=O) groups is 2. The normalized spacial score (nSPS) is 50.3. The van der Waals surface area contributed by atoms with Crippen LogP contribution in [0.25, 0.3) is 0 Å². The van der Waals surface area contributed by atoms with Crippen LogP contribution >= 0.6 is 0 Å². The molecule has 3 saturated carbocycles. The summed E-state index contributed by atoms with van der Waals surface area (Å²) < 4.78 is 0. The van der Waals surface area contributed by atoms with E-state index in [1.165, 1.54) is 0 Å². The molecular formula is C20H32O3. The van der Waals surface area contributed by atoms with Crippen LogP contribution in [0.3, 0.4) is 0 Å². The van der Waals surface area contributed by atoms with Gasteiger partial charge in [-0.1, -0.05) is 34.1 Å². The van der Waals surface area contributed by atoms with Crippen LogP contribution in [0, 0.1) is 34.5 Å². The number of aldehydes is 1. The summed E-state index contributed by atoms with van der Waals surface area (Å²) in [4.78, 5) is 24.5. The van der Waals surface area contributed by atoms with Crippen molar-refractivity contribution in [2.75, 3.05) is 0 Å². The largest absolute Gasteiger partial charge is 0.389 e. The molecule has 6 unspecified atom stereocenters. The number of ketones is 1. The lowest BCUT2D eigenvalue weighted by molar-refractivity contribution is -0.208. The molecule has 0 aliphatic heterocycles. The highest BCUT2D eigenvalue weighted by Gasteiger charge is 2.64. The van der Waals surface area contributed by atoms with Gasteiger partial charge in [0.05, 0.1) is 5.60 Å². The zero-order valence-corrected chi connectivity index (χ0v) is 15.1. The summed E-state index contributed by atoms with van der Waals surface area (Å²) in [7, 11) is 0. The Hall–Kier alpha value is -0.700. The molecule has 0 aromatic heterocycles. The minimum Gasteiger partial charge on any atom is -0.389 e. The van der Waals surface area contributed by atoms with Gasteiger partial charge in [-0.3, -0.25) is 4.79 Å². The van der Waals surface area contributed by atoms with E-state index in [0.29, 0.717) is 24.5 Å². The molecule has 6 atom stereocenters. The summed E-state index contributed by atoms with van der Waals surface area (Å²) in [5, 5.41) is 11.6. The van der Waals surface area contributed by atoms with Crippen molar-refractivity contribution < 1.29 is 14.7 Å². The molecule has 1 N–H and O–H groups in total. The van der Waals surface area contributed by atoms with Crippen molar-refractivity contribution in [2.45, 2.75) is 78.2 Å². The van der Waals surface area contributed by atoms with Gasteiger partial charge in [0.2, 0.25) is 0 Å². The predicted octanol–water partition coefficient (Wildman–Crippen LogP) is 3.77. The van der Waals surface area contributed by atoms with E-state index in [-0.39, 0.29) is 28.6 Å². The van der Waals surface area contributed by atoms with Crippen LogP contribution in [-0.4, -0.2) is 22.8 Å². The first-order valence-corrected chi connectivity index (χ1v) is 9.40. The number of rotatable bonds is 2. The molecule has 3 heteroatoms. The Labute approximate surface area is 140 Å². The van der Waals surface area contributed by atoms with Gasteiger partial charge >= 0.3 is 0 Å². The molecule has 3 aliphatic carbocycles. The third-order valence-corrected chi connectivity index (χ3v) is 7.90. The Morgan fingerprint density at radius 3 is 2.48 bits per heavy atom. The maximum absolute atomic E-state index is 12.6. The predicted molar refractivity (Wildman–Crippen MR) is 89.9 cm³/mol. The summed E-state index contributed by atoms with van der Waals surface area (Å²) in [5.41, 5.74) is -1.17. The molecule has 0 aromatic rings. The van der Waals surface area contributed by atoms with Gasteiger partial charge in [-0.15, -0.1) is 0 Å². The van der Waals surface area contributed by atoms with Gasteiger partial charge in [0.1, 0.15) is 12.1 Å². The van der Waals surface area contributed by atoms with E-state index in [9.17, 15) is 14.7 Å². The lowest BCUT2D eigenvalue weighted by Gasteiger charge is -2.64. The zero-order valence-electron chi connectivity index (χ0n) is 15.1. The Morgan fingerprint density at radius 2 is 1.87 bits per heavy atom. The number of carbonyl (C=O) groups excluding carboxylic acids is 2. The second-order valence-electron chi connectivity index (χ2n) is 9.31.